The number of aromatic nitrogens is 2. The van der Waals surface area contributed by atoms with Crippen LogP contribution in [-0.2, 0) is 32.8 Å². The number of ether oxygens (including phenoxy) is 4. The Kier molecular flexibility index (Phi) is 6.84. The second-order valence-electron chi connectivity index (χ2n) is 7.35. The van der Waals surface area contributed by atoms with Gasteiger partial charge in [-0.15, -0.1) is 0 Å². The van der Waals surface area contributed by atoms with Crippen LogP contribution in [0.4, 0.5) is 0 Å². The number of carbonyl (C=O) groups excluding carboxylic acids is 1. The zero-order valence-corrected chi connectivity index (χ0v) is 17.8. The summed E-state index contributed by atoms with van der Waals surface area (Å²) in [5, 5.41) is 11.2. The molecule has 14 nitrogen and oxygen atoms in total. The third kappa shape index (κ3) is 5.30. The van der Waals surface area contributed by atoms with Gasteiger partial charge in [0, 0.05) is 12.3 Å². The predicted molar refractivity (Wildman–Crippen MR) is 101 cm³/mol. The van der Waals surface area contributed by atoms with E-state index >= 15 is 0 Å². The van der Waals surface area contributed by atoms with E-state index in [1.165, 1.54) is 6.20 Å². The number of carbonyl (C=O) groups is 1. The molecule has 0 amide bonds. The monoisotopic (exact) mass is 465 g/mol. The Balaban J connectivity index is 1.75. The minimum Gasteiger partial charge on any atom is -0.468 e. The van der Waals surface area contributed by atoms with Crippen LogP contribution in [0.25, 0.3) is 0 Å². The van der Waals surface area contributed by atoms with E-state index in [4.69, 9.17) is 18.7 Å². The second kappa shape index (κ2) is 8.92. The number of rotatable bonds is 8. The van der Waals surface area contributed by atoms with E-state index in [0.717, 1.165) is 17.7 Å². The molecule has 15 heteroatoms. The Bertz CT molecular complexity index is 976. The van der Waals surface area contributed by atoms with Crippen LogP contribution in [0.15, 0.2) is 21.9 Å². The molecule has 0 spiro atoms. The van der Waals surface area contributed by atoms with Crippen LogP contribution in [-0.4, -0.2) is 76.0 Å². The Hall–Kier alpha value is -1.90. The molecule has 4 N–H and O–H groups in total. The van der Waals surface area contributed by atoms with Crippen LogP contribution in [0.3, 0.4) is 0 Å². The van der Waals surface area contributed by atoms with Crippen LogP contribution in [0.1, 0.15) is 20.1 Å². The maximum Gasteiger partial charge on any atom is 0.403 e. The fourth-order valence-corrected chi connectivity index (χ4v) is 4.37. The van der Waals surface area contributed by atoms with Gasteiger partial charge in [-0.2, -0.15) is 0 Å². The van der Waals surface area contributed by atoms with Crippen molar-refractivity contribution in [3.05, 3.63) is 33.1 Å². The average Bonchev–Trinajstić information content (AvgIpc) is 3.17. The molecule has 0 aromatic carbocycles. The van der Waals surface area contributed by atoms with Crippen LogP contribution in [0.2, 0.25) is 0 Å². The first kappa shape index (κ1) is 23.8. The molecular weight excluding hydrogens is 441 g/mol. The summed E-state index contributed by atoms with van der Waals surface area (Å²) in [5.41, 5.74) is -1.32. The number of esters is 1. The van der Waals surface area contributed by atoms with E-state index in [0.29, 0.717) is 0 Å². The summed E-state index contributed by atoms with van der Waals surface area (Å²) in [7, 11) is -3.51. The van der Waals surface area contributed by atoms with E-state index < -0.39 is 74.5 Å². The van der Waals surface area contributed by atoms with Gasteiger partial charge in [-0.25, -0.2) is 14.4 Å². The predicted octanol–water partition coefficient (Wildman–Crippen LogP) is -1.81. The van der Waals surface area contributed by atoms with Gasteiger partial charge in [0.25, 0.3) is 5.56 Å². The first-order valence-electron chi connectivity index (χ1n) is 9.23. The Labute approximate surface area is 175 Å². The standard InChI is InChI=1S/C16H24N3O11P/c1-16(2)29-11-9(7-27-31(24,25)18-8(6-20)14(22)26-3)28-13(12(11)30-16)19-5-4-10(21)17-15(19)23/h4-5,8-9,11-13,20H,6-7H2,1-3H3,(H,17,21,23)(H2,18,24,25)/t8?,9-,11-,12-,13-/m1/s1. The van der Waals surface area contributed by atoms with Gasteiger partial charge in [0.2, 0.25) is 0 Å². The van der Waals surface area contributed by atoms with Crippen molar-refractivity contribution < 1.29 is 42.8 Å². The number of methoxy groups -OCH3 is 1. The van der Waals surface area contributed by atoms with Crippen LogP contribution >= 0.6 is 7.75 Å². The van der Waals surface area contributed by atoms with Crippen molar-refractivity contribution in [2.45, 2.75) is 50.2 Å². The first-order chi connectivity index (χ1) is 14.5. The number of nitrogens with zero attached hydrogens (tertiary/aromatic N) is 1. The molecule has 1 aromatic rings. The van der Waals surface area contributed by atoms with E-state index in [2.05, 4.69) is 9.72 Å². The maximum atomic E-state index is 12.3. The molecule has 6 atom stereocenters. The lowest BCUT2D eigenvalue weighted by molar-refractivity contribution is -0.200. The summed E-state index contributed by atoms with van der Waals surface area (Å²) in [6.07, 6.45) is -2.26. The highest BCUT2D eigenvalue weighted by atomic mass is 31.2. The molecular formula is C16H24N3O11P. The topological polar surface area (TPSA) is 188 Å². The molecule has 3 heterocycles. The molecule has 0 radical (unpaired) electrons. The lowest BCUT2D eigenvalue weighted by Gasteiger charge is -2.25. The van der Waals surface area contributed by atoms with Gasteiger partial charge in [-0.05, 0) is 13.8 Å². The number of hydrogen-bond acceptors (Lipinski definition) is 10. The lowest BCUT2D eigenvalue weighted by atomic mass is 10.1. The van der Waals surface area contributed by atoms with Crippen molar-refractivity contribution in [1.82, 2.24) is 14.6 Å². The summed E-state index contributed by atoms with van der Waals surface area (Å²) in [5.74, 6) is -1.99. The second-order valence-corrected chi connectivity index (χ2v) is 8.91. The van der Waals surface area contributed by atoms with E-state index in [1.54, 1.807) is 13.8 Å². The Morgan fingerprint density at radius 1 is 1.39 bits per heavy atom. The molecule has 1 aromatic heterocycles. The lowest BCUT2D eigenvalue weighted by Crippen LogP contribution is -2.40. The molecule has 174 valence electrons. The number of H-pyrrole nitrogens is 1. The maximum absolute atomic E-state index is 12.3. The highest BCUT2D eigenvalue weighted by Gasteiger charge is 2.56. The van der Waals surface area contributed by atoms with Crippen LogP contribution in [0, 0.1) is 0 Å². The summed E-state index contributed by atoms with van der Waals surface area (Å²) < 4.78 is 40.3. The van der Waals surface area contributed by atoms with Gasteiger partial charge in [-0.3, -0.25) is 23.7 Å². The summed E-state index contributed by atoms with van der Waals surface area (Å²) >= 11 is 0. The zero-order chi connectivity index (χ0) is 23.0. The molecule has 0 aliphatic carbocycles. The van der Waals surface area contributed by atoms with Gasteiger partial charge >= 0.3 is 19.4 Å². The van der Waals surface area contributed by atoms with Crippen molar-refractivity contribution in [2.75, 3.05) is 20.3 Å². The fraction of sp³-hybridized carbons (Fsp3) is 0.688. The zero-order valence-electron chi connectivity index (χ0n) is 16.9. The summed E-state index contributed by atoms with van der Waals surface area (Å²) in [4.78, 5) is 47.2. The number of fused-ring (bicyclic) bond motifs is 1. The average molecular weight is 465 g/mol. The van der Waals surface area contributed by atoms with E-state index in [9.17, 15) is 28.9 Å². The number of aliphatic hydroxyl groups is 1. The van der Waals surface area contributed by atoms with Gasteiger partial charge in [-0.1, -0.05) is 0 Å². The highest BCUT2D eigenvalue weighted by molar-refractivity contribution is 7.50. The summed E-state index contributed by atoms with van der Waals surface area (Å²) in [6, 6.07) is -0.339. The fourth-order valence-electron chi connectivity index (χ4n) is 3.36. The van der Waals surface area contributed by atoms with Crippen molar-refractivity contribution >= 4 is 13.7 Å². The quantitative estimate of drug-likeness (QED) is 0.249. The van der Waals surface area contributed by atoms with Gasteiger partial charge in [0.15, 0.2) is 12.0 Å². The highest BCUT2D eigenvalue weighted by Crippen LogP contribution is 2.45. The van der Waals surface area contributed by atoms with E-state index in [1.807, 2.05) is 5.09 Å². The van der Waals surface area contributed by atoms with Crippen molar-refractivity contribution in [3.63, 3.8) is 0 Å². The molecule has 2 unspecified atom stereocenters. The van der Waals surface area contributed by atoms with Crippen LogP contribution < -0.4 is 16.3 Å². The molecule has 2 fully saturated rings. The Morgan fingerprint density at radius 2 is 2.06 bits per heavy atom. The number of aliphatic hydroxyl groups excluding tert-OH is 1. The minimum absolute atomic E-state index is 0.477. The van der Waals surface area contributed by atoms with Gasteiger partial charge in [0.1, 0.15) is 24.4 Å². The molecule has 2 aliphatic heterocycles. The third-order valence-corrected chi connectivity index (χ3v) is 5.79. The third-order valence-electron chi connectivity index (χ3n) is 4.65. The largest absolute Gasteiger partial charge is 0.468 e. The van der Waals surface area contributed by atoms with Crippen molar-refractivity contribution in [3.8, 4) is 0 Å². The van der Waals surface area contributed by atoms with Crippen molar-refractivity contribution in [1.29, 1.82) is 0 Å². The minimum atomic E-state index is -4.56. The van der Waals surface area contributed by atoms with Crippen LogP contribution in [0.5, 0.6) is 0 Å². The van der Waals surface area contributed by atoms with Crippen molar-refractivity contribution in [2.24, 2.45) is 0 Å². The summed E-state index contributed by atoms with van der Waals surface area (Å²) in [6.45, 7) is 2.02. The SMILES string of the molecule is COC(=O)C(CO)NP(=O)(O)OC[C@H]1O[C@@H](n2ccc(=O)[nH]c2=O)[C@@H]2OC(C)(C)O[C@@H]21. The molecule has 0 bridgehead atoms. The first-order valence-corrected chi connectivity index (χ1v) is 10.8. The molecule has 2 saturated heterocycles. The molecule has 2 aliphatic rings. The smallest absolute Gasteiger partial charge is 0.403 e. The van der Waals surface area contributed by atoms with Gasteiger partial charge in [0.05, 0.1) is 20.3 Å². The molecule has 3 rings (SSSR count). The molecule has 0 saturated carbocycles. The normalized spacial score (nSPS) is 29.8. The van der Waals surface area contributed by atoms with E-state index in [-0.39, 0.29) is 0 Å². The molecule has 31 heavy (non-hydrogen) atoms. The number of aromatic amines is 1. The number of hydrogen-bond donors (Lipinski definition) is 4. The Morgan fingerprint density at radius 3 is 2.68 bits per heavy atom. The number of nitrogens with one attached hydrogen (secondary N) is 2. The van der Waals surface area contributed by atoms with Gasteiger partial charge < -0.3 is 28.9 Å².